The number of hydrogen-bond acceptors (Lipinski definition) is 3. The summed E-state index contributed by atoms with van der Waals surface area (Å²) < 4.78 is 10.7. The number of fused-ring (bicyclic) bond motifs is 1. The van der Waals surface area contributed by atoms with E-state index in [9.17, 15) is 4.79 Å². The van der Waals surface area contributed by atoms with E-state index >= 15 is 0 Å². The van der Waals surface area contributed by atoms with Gasteiger partial charge in [0, 0.05) is 17.1 Å². The Labute approximate surface area is 176 Å². The number of amides is 1. The number of nitrogens with one attached hydrogen (secondary N) is 3. The van der Waals surface area contributed by atoms with Crippen LogP contribution in [0.3, 0.4) is 0 Å². The molecule has 0 aromatic heterocycles. The summed E-state index contributed by atoms with van der Waals surface area (Å²) in [6.45, 7) is 7.87. The Morgan fingerprint density at radius 1 is 1.07 bits per heavy atom. The first-order chi connectivity index (χ1) is 14.1. The fraction of sp³-hybridized carbons (Fsp3) is 0.409. The van der Waals surface area contributed by atoms with Crippen LogP contribution in [-0.4, -0.2) is 44.9 Å². The first-order valence-corrected chi connectivity index (χ1v) is 10.5. The van der Waals surface area contributed by atoms with Crippen LogP contribution in [0.1, 0.15) is 18.1 Å². The summed E-state index contributed by atoms with van der Waals surface area (Å²) in [5.74, 6) is 1.60. The summed E-state index contributed by atoms with van der Waals surface area (Å²) in [5, 5.41) is 3.86. The first-order valence-electron chi connectivity index (χ1n) is 10.2. The molecule has 1 fully saturated rings. The van der Waals surface area contributed by atoms with Crippen molar-refractivity contribution in [3.05, 3.63) is 58.6 Å². The zero-order valence-corrected chi connectivity index (χ0v) is 17.4. The number of piperazine rings is 1. The van der Waals surface area contributed by atoms with Crippen molar-refractivity contribution in [1.29, 1.82) is 0 Å². The Kier molecular flexibility index (Phi) is 6.23. The normalized spacial score (nSPS) is 21.6. The minimum atomic E-state index is -0.0586. The molecule has 2 aromatic rings. The van der Waals surface area contributed by atoms with E-state index in [1.807, 2.05) is 43.3 Å². The van der Waals surface area contributed by atoms with Crippen LogP contribution in [0.5, 0.6) is 11.5 Å². The van der Waals surface area contributed by atoms with Crippen molar-refractivity contribution in [2.75, 3.05) is 33.0 Å². The highest BCUT2D eigenvalue weighted by atomic mass is 35.5. The molecule has 0 radical (unpaired) electrons. The average molecular weight is 418 g/mol. The number of quaternary nitrogens is 2. The number of rotatable bonds is 6. The van der Waals surface area contributed by atoms with Gasteiger partial charge in [0.25, 0.3) is 5.91 Å². The van der Waals surface area contributed by atoms with Crippen molar-refractivity contribution in [2.45, 2.75) is 26.1 Å². The van der Waals surface area contributed by atoms with Gasteiger partial charge in [-0.3, -0.25) is 4.79 Å². The van der Waals surface area contributed by atoms with Crippen molar-refractivity contribution >= 4 is 17.5 Å². The summed E-state index contributed by atoms with van der Waals surface area (Å²) in [5.41, 5.74) is 2.28. The van der Waals surface area contributed by atoms with Crippen molar-refractivity contribution in [1.82, 2.24) is 5.32 Å². The predicted octanol–water partition coefficient (Wildman–Crippen LogP) is 0.0570. The lowest BCUT2D eigenvalue weighted by Gasteiger charge is -2.32. The SMILES string of the molecule is C[C@H](C(=O)NCc1ccc2c(c1)OCO2)[NH+]1CC[NH+](Cc2cccc(Cl)c2)CC1. The van der Waals surface area contributed by atoms with Gasteiger partial charge in [-0.1, -0.05) is 29.8 Å². The van der Waals surface area contributed by atoms with Gasteiger partial charge in [0.1, 0.15) is 32.7 Å². The number of halogens is 1. The molecule has 3 N–H and O–H groups in total. The van der Waals surface area contributed by atoms with Gasteiger partial charge in [0.05, 0.1) is 0 Å². The third kappa shape index (κ3) is 5.01. The maximum absolute atomic E-state index is 12.7. The number of hydrogen-bond donors (Lipinski definition) is 3. The Morgan fingerprint density at radius 2 is 1.86 bits per heavy atom. The molecule has 29 heavy (non-hydrogen) atoms. The second-order valence-electron chi connectivity index (χ2n) is 7.84. The molecular weight excluding hydrogens is 390 g/mol. The summed E-state index contributed by atoms with van der Waals surface area (Å²) in [7, 11) is 0. The molecule has 0 spiro atoms. The molecule has 0 unspecified atom stereocenters. The van der Waals surface area contributed by atoms with Crippen LogP contribution in [0.25, 0.3) is 0 Å². The van der Waals surface area contributed by atoms with Crippen LogP contribution in [0.2, 0.25) is 5.02 Å². The highest BCUT2D eigenvalue weighted by Crippen LogP contribution is 2.32. The van der Waals surface area contributed by atoms with Gasteiger partial charge >= 0.3 is 0 Å². The monoisotopic (exact) mass is 417 g/mol. The summed E-state index contributed by atoms with van der Waals surface area (Å²) in [6.07, 6.45) is 0. The Balaban J connectivity index is 1.23. The van der Waals surface area contributed by atoms with Gasteiger partial charge in [-0.15, -0.1) is 0 Å². The molecule has 2 aromatic carbocycles. The molecule has 7 heteroatoms. The maximum atomic E-state index is 12.7. The zero-order chi connectivity index (χ0) is 20.2. The Hall–Kier alpha value is -2.28. The summed E-state index contributed by atoms with van der Waals surface area (Å²) >= 11 is 6.09. The third-order valence-electron chi connectivity index (χ3n) is 5.85. The van der Waals surface area contributed by atoms with Gasteiger partial charge < -0.3 is 24.6 Å². The van der Waals surface area contributed by atoms with Crippen LogP contribution < -0.4 is 24.6 Å². The van der Waals surface area contributed by atoms with E-state index in [1.54, 1.807) is 4.90 Å². The minimum Gasteiger partial charge on any atom is -0.454 e. The molecule has 0 aliphatic carbocycles. The van der Waals surface area contributed by atoms with E-state index in [2.05, 4.69) is 11.4 Å². The van der Waals surface area contributed by atoms with E-state index in [1.165, 1.54) is 10.5 Å². The lowest BCUT2D eigenvalue weighted by Crippen LogP contribution is -3.29. The van der Waals surface area contributed by atoms with Crippen molar-refractivity contribution in [3.63, 3.8) is 0 Å². The van der Waals surface area contributed by atoms with E-state index < -0.39 is 0 Å². The van der Waals surface area contributed by atoms with Gasteiger partial charge in [-0.05, 0) is 36.8 Å². The van der Waals surface area contributed by atoms with Crippen LogP contribution in [0.4, 0.5) is 0 Å². The van der Waals surface area contributed by atoms with Gasteiger partial charge in [-0.25, -0.2) is 0 Å². The third-order valence-corrected chi connectivity index (χ3v) is 6.09. The summed E-state index contributed by atoms with van der Waals surface area (Å²) in [4.78, 5) is 15.5. The predicted molar refractivity (Wildman–Crippen MR) is 110 cm³/mol. The average Bonchev–Trinajstić information content (AvgIpc) is 3.20. The smallest absolute Gasteiger partial charge is 0.278 e. The zero-order valence-electron chi connectivity index (χ0n) is 16.7. The second-order valence-corrected chi connectivity index (χ2v) is 8.28. The quantitative estimate of drug-likeness (QED) is 0.623. The number of benzene rings is 2. The summed E-state index contributed by atoms with van der Waals surface area (Å²) in [6, 6.07) is 13.8. The van der Waals surface area contributed by atoms with Gasteiger partial charge in [0.15, 0.2) is 17.5 Å². The van der Waals surface area contributed by atoms with Gasteiger partial charge in [0.2, 0.25) is 6.79 Å². The largest absolute Gasteiger partial charge is 0.454 e. The first kappa shape index (κ1) is 20.0. The molecule has 2 aliphatic heterocycles. The molecule has 0 saturated carbocycles. The second kappa shape index (κ2) is 9.03. The number of carbonyl (C=O) groups excluding carboxylic acids is 1. The highest BCUT2D eigenvalue weighted by Gasteiger charge is 2.31. The van der Waals surface area contributed by atoms with Crippen LogP contribution in [-0.2, 0) is 17.9 Å². The molecule has 2 heterocycles. The molecule has 1 amide bonds. The molecule has 1 atom stereocenters. The minimum absolute atomic E-state index is 0.0586. The number of ether oxygens (including phenoxy) is 2. The van der Waals surface area contributed by atoms with E-state index in [0.29, 0.717) is 6.54 Å². The van der Waals surface area contributed by atoms with Gasteiger partial charge in [-0.2, -0.15) is 0 Å². The lowest BCUT2D eigenvalue weighted by molar-refractivity contribution is -1.02. The lowest BCUT2D eigenvalue weighted by atomic mass is 10.1. The van der Waals surface area contributed by atoms with Crippen LogP contribution in [0.15, 0.2) is 42.5 Å². The fourth-order valence-corrected chi connectivity index (χ4v) is 4.26. The molecule has 2 aliphatic rings. The highest BCUT2D eigenvalue weighted by molar-refractivity contribution is 6.30. The topological polar surface area (TPSA) is 56.4 Å². The Morgan fingerprint density at radius 3 is 2.66 bits per heavy atom. The number of carbonyl (C=O) groups is 1. The van der Waals surface area contributed by atoms with Crippen molar-refractivity contribution in [3.8, 4) is 11.5 Å². The van der Waals surface area contributed by atoms with E-state index in [0.717, 1.165) is 54.8 Å². The Bertz CT molecular complexity index is 868. The van der Waals surface area contributed by atoms with Crippen LogP contribution in [0, 0.1) is 0 Å². The fourth-order valence-electron chi connectivity index (χ4n) is 4.05. The standard InChI is InChI=1S/C22H26ClN3O3/c1-16(22(27)24-13-17-5-6-20-21(12-17)29-15-28-20)26-9-7-25(8-10-26)14-18-3-2-4-19(23)11-18/h2-6,11-12,16H,7-10,13-15H2,1H3,(H,24,27)/p+2/t16-/m1/s1. The maximum Gasteiger partial charge on any atom is 0.278 e. The molecule has 4 rings (SSSR count). The molecular formula is C22H28ClN3O3+2. The molecule has 1 saturated heterocycles. The van der Waals surface area contributed by atoms with Crippen molar-refractivity contribution in [2.24, 2.45) is 0 Å². The molecule has 154 valence electrons. The van der Waals surface area contributed by atoms with Crippen LogP contribution >= 0.6 is 11.6 Å². The van der Waals surface area contributed by atoms with E-state index in [-0.39, 0.29) is 18.7 Å². The van der Waals surface area contributed by atoms with E-state index in [4.69, 9.17) is 21.1 Å². The molecule has 6 nitrogen and oxygen atoms in total. The molecule has 0 bridgehead atoms. The van der Waals surface area contributed by atoms with Crippen molar-refractivity contribution < 1.29 is 24.1 Å².